The molecule has 80 valence electrons. The molecule has 3 heteroatoms. The van der Waals surface area contributed by atoms with Crippen molar-refractivity contribution in [3.8, 4) is 0 Å². The van der Waals surface area contributed by atoms with Crippen molar-refractivity contribution < 1.29 is 0 Å². The SMILES string of the molecule is CCC(N)Cc1cc2sccc2cc1Cl. The third-order valence-corrected chi connectivity index (χ3v) is 3.86. The molecule has 0 aliphatic rings. The minimum absolute atomic E-state index is 0.208. The summed E-state index contributed by atoms with van der Waals surface area (Å²) in [6.45, 7) is 2.10. The predicted molar refractivity (Wildman–Crippen MR) is 68.8 cm³/mol. The molecule has 0 fully saturated rings. The smallest absolute Gasteiger partial charge is 0.0445 e. The largest absolute Gasteiger partial charge is 0.327 e. The van der Waals surface area contributed by atoms with E-state index in [1.54, 1.807) is 11.3 Å². The molecule has 1 unspecified atom stereocenters. The predicted octanol–water partition coefficient (Wildman–Crippen LogP) is 3.83. The van der Waals surface area contributed by atoms with Crippen molar-refractivity contribution in [2.24, 2.45) is 5.73 Å². The Bertz CT molecular complexity index is 464. The van der Waals surface area contributed by atoms with Crippen LogP contribution in [0.2, 0.25) is 5.02 Å². The Hall–Kier alpha value is -0.570. The summed E-state index contributed by atoms with van der Waals surface area (Å²) in [5.74, 6) is 0. The van der Waals surface area contributed by atoms with Gasteiger partial charge in [0.15, 0.2) is 0 Å². The molecule has 1 atom stereocenters. The second-order valence-electron chi connectivity index (χ2n) is 3.77. The maximum atomic E-state index is 6.21. The molecule has 0 spiro atoms. The molecule has 0 aliphatic carbocycles. The maximum absolute atomic E-state index is 6.21. The maximum Gasteiger partial charge on any atom is 0.0445 e. The summed E-state index contributed by atoms with van der Waals surface area (Å²) in [5.41, 5.74) is 7.11. The zero-order valence-electron chi connectivity index (χ0n) is 8.66. The van der Waals surface area contributed by atoms with Gasteiger partial charge >= 0.3 is 0 Å². The number of rotatable bonds is 3. The minimum atomic E-state index is 0.208. The number of hydrogen-bond donors (Lipinski definition) is 1. The van der Waals surface area contributed by atoms with Crippen LogP contribution in [0.4, 0.5) is 0 Å². The third kappa shape index (κ3) is 2.33. The second-order valence-corrected chi connectivity index (χ2v) is 5.13. The van der Waals surface area contributed by atoms with Gasteiger partial charge in [0.1, 0.15) is 0 Å². The van der Waals surface area contributed by atoms with Gasteiger partial charge in [-0.2, -0.15) is 0 Å². The van der Waals surface area contributed by atoms with E-state index in [4.69, 9.17) is 17.3 Å². The van der Waals surface area contributed by atoms with Crippen molar-refractivity contribution in [1.82, 2.24) is 0 Å². The van der Waals surface area contributed by atoms with Gasteiger partial charge in [-0.3, -0.25) is 0 Å². The fraction of sp³-hybridized carbons (Fsp3) is 0.333. The fourth-order valence-electron chi connectivity index (χ4n) is 1.61. The standard InChI is InChI=1S/C12H14ClNS/c1-2-10(14)5-9-7-12-8(3-4-15-12)6-11(9)13/h3-4,6-7,10H,2,5,14H2,1H3. The number of halogens is 1. The van der Waals surface area contributed by atoms with Gasteiger partial charge in [0, 0.05) is 15.8 Å². The Morgan fingerprint density at radius 1 is 1.47 bits per heavy atom. The second kappa shape index (κ2) is 4.52. The minimum Gasteiger partial charge on any atom is -0.327 e. The molecule has 2 rings (SSSR count). The van der Waals surface area contributed by atoms with Gasteiger partial charge in [-0.1, -0.05) is 18.5 Å². The Kier molecular flexibility index (Phi) is 3.29. The third-order valence-electron chi connectivity index (χ3n) is 2.63. The van der Waals surface area contributed by atoms with Crippen LogP contribution in [0.15, 0.2) is 23.6 Å². The highest BCUT2D eigenvalue weighted by atomic mass is 35.5. The van der Waals surface area contributed by atoms with E-state index in [2.05, 4.69) is 24.4 Å². The quantitative estimate of drug-likeness (QED) is 0.866. The first-order valence-electron chi connectivity index (χ1n) is 5.12. The van der Waals surface area contributed by atoms with Crippen LogP contribution in [0.3, 0.4) is 0 Å². The van der Waals surface area contributed by atoms with Gasteiger partial charge in [-0.15, -0.1) is 11.3 Å². The van der Waals surface area contributed by atoms with Crippen molar-refractivity contribution in [3.05, 3.63) is 34.2 Å². The summed E-state index contributed by atoms with van der Waals surface area (Å²) < 4.78 is 1.29. The van der Waals surface area contributed by atoms with Crippen molar-refractivity contribution in [3.63, 3.8) is 0 Å². The Morgan fingerprint density at radius 2 is 2.27 bits per heavy atom. The zero-order chi connectivity index (χ0) is 10.8. The Labute approximate surface area is 98.9 Å². The molecular weight excluding hydrogens is 226 g/mol. The average molecular weight is 240 g/mol. The normalized spacial score (nSPS) is 13.3. The van der Waals surface area contributed by atoms with Gasteiger partial charge in [-0.05, 0) is 47.4 Å². The van der Waals surface area contributed by atoms with Gasteiger partial charge in [0.25, 0.3) is 0 Å². The van der Waals surface area contributed by atoms with E-state index in [9.17, 15) is 0 Å². The number of benzene rings is 1. The molecule has 1 aromatic carbocycles. The van der Waals surface area contributed by atoms with Crippen molar-refractivity contribution in [2.75, 3.05) is 0 Å². The lowest BCUT2D eigenvalue weighted by Crippen LogP contribution is -2.21. The Morgan fingerprint density at radius 3 is 3.00 bits per heavy atom. The van der Waals surface area contributed by atoms with Gasteiger partial charge in [0.05, 0.1) is 0 Å². The average Bonchev–Trinajstić information content (AvgIpc) is 2.65. The van der Waals surface area contributed by atoms with Crippen molar-refractivity contribution >= 4 is 33.0 Å². The van der Waals surface area contributed by atoms with E-state index in [1.165, 1.54) is 15.6 Å². The van der Waals surface area contributed by atoms with Crippen molar-refractivity contribution in [1.29, 1.82) is 0 Å². The molecule has 1 aromatic heterocycles. The zero-order valence-corrected chi connectivity index (χ0v) is 10.2. The van der Waals surface area contributed by atoms with Gasteiger partial charge < -0.3 is 5.73 Å². The molecule has 0 saturated carbocycles. The van der Waals surface area contributed by atoms with Crippen LogP contribution in [-0.4, -0.2) is 6.04 Å². The molecule has 1 nitrogen and oxygen atoms in total. The van der Waals surface area contributed by atoms with E-state index in [1.807, 2.05) is 6.07 Å². The summed E-state index contributed by atoms with van der Waals surface area (Å²) in [5, 5.41) is 4.15. The van der Waals surface area contributed by atoms with E-state index in [0.29, 0.717) is 0 Å². The monoisotopic (exact) mass is 239 g/mol. The lowest BCUT2D eigenvalue weighted by molar-refractivity contribution is 0.647. The number of thiophene rings is 1. The van der Waals surface area contributed by atoms with E-state index < -0.39 is 0 Å². The van der Waals surface area contributed by atoms with Gasteiger partial charge in [0.2, 0.25) is 0 Å². The molecule has 2 N–H and O–H groups in total. The molecule has 15 heavy (non-hydrogen) atoms. The first kappa shape index (κ1) is 10.9. The molecule has 0 amide bonds. The van der Waals surface area contributed by atoms with Crippen LogP contribution in [0.1, 0.15) is 18.9 Å². The first-order chi connectivity index (χ1) is 7.20. The highest BCUT2D eigenvalue weighted by molar-refractivity contribution is 7.17. The molecule has 0 saturated heterocycles. The molecule has 1 heterocycles. The van der Waals surface area contributed by atoms with Crippen LogP contribution in [0.5, 0.6) is 0 Å². The highest BCUT2D eigenvalue weighted by Crippen LogP contribution is 2.28. The molecule has 0 bridgehead atoms. The molecule has 2 aromatic rings. The highest BCUT2D eigenvalue weighted by Gasteiger charge is 2.07. The van der Waals surface area contributed by atoms with E-state index in [0.717, 1.165) is 17.9 Å². The fourth-order valence-corrected chi connectivity index (χ4v) is 2.69. The van der Waals surface area contributed by atoms with Crippen LogP contribution in [-0.2, 0) is 6.42 Å². The number of hydrogen-bond acceptors (Lipinski definition) is 2. The van der Waals surface area contributed by atoms with Crippen LogP contribution in [0.25, 0.3) is 10.1 Å². The lowest BCUT2D eigenvalue weighted by Gasteiger charge is -2.10. The summed E-state index contributed by atoms with van der Waals surface area (Å²) in [4.78, 5) is 0. The molecule has 0 radical (unpaired) electrons. The topological polar surface area (TPSA) is 26.0 Å². The van der Waals surface area contributed by atoms with Crippen LogP contribution in [0, 0.1) is 0 Å². The first-order valence-corrected chi connectivity index (χ1v) is 6.37. The summed E-state index contributed by atoms with van der Waals surface area (Å²) >= 11 is 7.96. The van der Waals surface area contributed by atoms with Crippen molar-refractivity contribution in [2.45, 2.75) is 25.8 Å². The van der Waals surface area contributed by atoms with Crippen LogP contribution < -0.4 is 5.73 Å². The lowest BCUT2D eigenvalue weighted by atomic mass is 10.0. The summed E-state index contributed by atoms with van der Waals surface area (Å²) in [6.07, 6.45) is 1.85. The van der Waals surface area contributed by atoms with Gasteiger partial charge in [-0.25, -0.2) is 0 Å². The van der Waals surface area contributed by atoms with E-state index >= 15 is 0 Å². The summed E-state index contributed by atoms with van der Waals surface area (Å²) in [7, 11) is 0. The summed E-state index contributed by atoms with van der Waals surface area (Å²) in [6, 6.07) is 6.50. The molecular formula is C12H14ClNS. The molecule has 0 aliphatic heterocycles. The van der Waals surface area contributed by atoms with Crippen LogP contribution >= 0.6 is 22.9 Å². The number of nitrogens with two attached hydrogens (primary N) is 1. The van der Waals surface area contributed by atoms with E-state index in [-0.39, 0.29) is 6.04 Å². The Balaban J connectivity index is 2.37. The number of fused-ring (bicyclic) bond motifs is 1.